The molecule has 1 rings (SSSR count). The highest BCUT2D eigenvalue weighted by molar-refractivity contribution is 9.10. The molecule has 0 bridgehead atoms. The fourth-order valence-electron chi connectivity index (χ4n) is 1.49. The van der Waals surface area contributed by atoms with Gasteiger partial charge in [0.05, 0.1) is 17.2 Å². The third-order valence-corrected chi connectivity index (χ3v) is 4.56. The number of carbonyl (C=O) groups excluding carboxylic acids is 1. The summed E-state index contributed by atoms with van der Waals surface area (Å²) in [5.74, 6) is -0.235. The summed E-state index contributed by atoms with van der Waals surface area (Å²) in [5, 5.41) is 12.4. The number of rotatable bonds is 5. The van der Waals surface area contributed by atoms with Crippen molar-refractivity contribution in [2.45, 2.75) is 18.2 Å². The number of carbonyl (C=O) groups is 1. The van der Waals surface area contributed by atoms with E-state index in [2.05, 4.69) is 21.2 Å². The Kier molecular flexibility index (Phi) is 6.49. The molecular weight excluding hydrogens is 338 g/mol. The van der Waals surface area contributed by atoms with Crippen LogP contribution in [-0.2, 0) is 0 Å². The molecule has 1 amide bonds. The van der Waals surface area contributed by atoms with E-state index in [1.807, 2.05) is 13.2 Å². The van der Waals surface area contributed by atoms with Crippen LogP contribution in [0.1, 0.15) is 17.3 Å². The molecule has 1 aromatic carbocycles. The van der Waals surface area contributed by atoms with Gasteiger partial charge in [-0.2, -0.15) is 11.8 Å². The summed E-state index contributed by atoms with van der Waals surface area (Å²) >= 11 is 10.8. The van der Waals surface area contributed by atoms with E-state index in [1.165, 1.54) is 11.8 Å². The summed E-state index contributed by atoms with van der Waals surface area (Å²) in [4.78, 5) is 12.1. The topological polar surface area (TPSA) is 49.3 Å². The molecule has 0 aliphatic rings. The second kappa shape index (κ2) is 7.38. The van der Waals surface area contributed by atoms with Crippen molar-refractivity contribution in [3.8, 4) is 0 Å². The molecule has 100 valence electrons. The van der Waals surface area contributed by atoms with Gasteiger partial charge in [0.25, 0.3) is 5.91 Å². The second-order valence-corrected chi connectivity index (χ2v) is 6.24. The molecule has 0 spiro atoms. The molecule has 3 nitrogen and oxygen atoms in total. The van der Waals surface area contributed by atoms with Crippen molar-refractivity contribution in [1.82, 2.24) is 5.32 Å². The molecule has 18 heavy (non-hydrogen) atoms. The molecule has 6 heteroatoms. The van der Waals surface area contributed by atoms with E-state index in [9.17, 15) is 9.90 Å². The molecule has 0 saturated heterocycles. The average molecular weight is 353 g/mol. The Balaban J connectivity index is 2.79. The van der Waals surface area contributed by atoms with Crippen LogP contribution in [0.4, 0.5) is 0 Å². The van der Waals surface area contributed by atoms with Crippen molar-refractivity contribution in [3.05, 3.63) is 33.3 Å². The van der Waals surface area contributed by atoms with Gasteiger partial charge in [0.1, 0.15) is 0 Å². The Labute approximate surface area is 124 Å². The first kappa shape index (κ1) is 15.8. The minimum Gasteiger partial charge on any atom is -0.395 e. The maximum absolute atomic E-state index is 12.1. The fraction of sp³-hybridized carbons (Fsp3) is 0.417. The highest BCUT2D eigenvalue weighted by Crippen LogP contribution is 2.21. The minimum absolute atomic E-state index is 0.0226. The van der Waals surface area contributed by atoms with Crippen molar-refractivity contribution < 1.29 is 9.90 Å². The Bertz CT molecular complexity index is 427. The first-order valence-electron chi connectivity index (χ1n) is 5.39. The number of amides is 1. The van der Waals surface area contributed by atoms with Crippen LogP contribution >= 0.6 is 39.3 Å². The molecule has 0 heterocycles. The molecule has 0 aliphatic heterocycles. The van der Waals surface area contributed by atoms with E-state index in [4.69, 9.17) is 11.6 Å². The van der Waals surface area contributed by atoms with Gasteiger partial charge >= 0.3 is 0 Å². The van der Waals surface area contributed by atoms with Crippen LogP contribution in [0.15, 0.2) is 22.7 Å². The average Bonchev–Trinajstić information content (AvgIpc) is 2.33. The standard InChI is InChI=1S/C12H15BrClNO2S/c1-7(11(6-16)18-2)15-12(17)9-5-8(13)3-4-10(9)14/h3-5,7,11,16H,6H2,1-2H3,(H,15,17). The highest BCUT2D eigenvalue weighted by Gasteiger charge is 2.19. The van der Waals surface area contributed by atoms with Crippen LogP contribution in [0.25, 0.3) is 0 Å². The summed E-state index contributed by atoms with van der Waals surface area (Å²) in [5.41, 5.74) is 0.427. The summed E-state index contributed by atoms with van der Waals surface area (Å²) < 4.78 is 0.799. The van der Waals surface area contributed by atoms with Gasteiger partial charge < -0.3 is 10.4 Å². The molecule has 0 aliphatic carbocycles. The van der Waals surface area contributed by atoms with Crippen molar-refractivity contribution in [2.24, 2.45) is 0 Å². The number of hydrogen-bond acceptors (Lipinski definition) is 3. The number of nitrogens with one attached hydrogen (secondary N) is 1. The molecule has 1 aromatic rings. The van der Waals surface area contributed by atoms with E-state index in [-0.39, 0.29) is 23.8 Å². The van der Waals surface area contributed by atoms with Crippen LogP contribution in [0, 0.1) is 0 Å². The number of halogens is 2. The third-order valence-electron chi connectivity index (χ3n) is 2.57. The Morgan fingerprint density at radius 2 is 2.28 bits per heavy atom. The van der Waals surface area contributed by atoms with Gasteiger partial charge in [-0.15, -0.1) is 0 Å². The van der Waals surface area contributed by atoms with E-state index in [0.717, 1.165) is 4.47 Å². The Morgan fingerprint density at radius 3 is 2.83 bits per heavy atom. The van der Waals surface area contributed by atoms with Crippen LogP contribution in [0.2, 0.25) is 5.02 Å². The number of aliphatic hydroxyl groups is 1. The predicted octanol–water partition coefficient (Wildman–Crippen LogP) is 2.94. The largest absolute Gasteiger partial charge is 0.395 e. The van der Waals surface area contributed by atoms with Crippen molar-refractivity contribution in [1.29, 1.82) is 0 Å². The maximum atomic E-state index is 12.1. The third kappa shape index (κ3) is 4.16. The smallest absolute Gasteiger partial charge is 0.253 e. The van der Waals surface area contributed by atoms with Gasteiger partial charge in [-0.05, 0) is 31.4 Å². The molecule has 0 fully saturated rings. The maximum Gasteiger partial charge on any atom is 0.253 e. The minimum atomic E-state index is -0.235. The van der Waals surface area contributed by atoms with Crippen LogP contribution < -0.4 is 5.32 Å². The quantitative estimate of drug-likeness (QED) is 0.856. The lowest BCUT2D eigenvalue weighted by atomic mass is 10.1. The normalized spacial score (nSPS) is 14.1. The summed E-state index contributed by atoms with van der Waals surface area (Å²) in [6.45, 7) is 1.88. The monoisotopic (exact) mass is 351 g/mol. The summed E-state index contributed by atoms with van der Waals surface area (Å²) in [6.07, 6.45) is 1.90. The lowest BCUT2D eigenvalue weighted by Gasteiger charge is -2.21. The SMILES string of the molecule is CSC(CO)C(C)NC(=O)c1cc(Br)ccc1Cl. The van der Waals surface area contributed by atoms with Gasteiger partial charge in [-0.3, -0.25) is 4.79 Å². The van der Waals surface area contributed by atoms with Gasteiger partial charge in [0, 0.05) is 15.8 Å². The molecule has 2 unspecified atom stereocenters. The van der Waals surface area contributed by atoms with E-state index < -0.39 is 0 Å². The van der Waals surface area contributed by atoms with Crippen molar-refractivity contribution in [3.63, 3.8) is 0 Å². The number of hydrogen-bond donors (Lipinski definition) is 2. The molecule has 2 N–H and O–H groups in total. The second-order valence-electron chi connectivity index (χ2n) is 3.84. The van der Waals surface area contributed by atoms with E-state index in [1.54, 1.807) is 18.2 Å². The first-order valence-corrected chi connectivity index (χ1v) is 7.85. The Hall–Kier alpha value is -0.230. The van der Waals surface area contributed by atoms with E-state index >= 15 is 0 Å². The number of aliphatic hydroxyl groups excluding tert-OH is 1. The summed E-state index contributed by atoms with van der Waals surface area (Å²) in [7, 11) is 0. The van der Waals surface area contributed by atoms with Crippen LogP contribution in [0.3, 0.4) is 0 Å². The molecular formula is C12H15BrClNO2S. The van der Waals surface area contributed by atoms with Gasteiger partial charge in [-0.25, -0.2) is 0 Å². The number of benzene rings is 1. The van der Waals surface area contributed by atoms with Gasteiger partial charge in [0.2, 0.25) is 0 Å². The zero-order valence-electron chi connectivity index (χ0n) is 10.1. The highest BCUT2D eigenvalue weighted by atomic mass is 79.9. The van der Waals surface area contributed by atoms with Gasteiger partial charge in [-0.1, -0.05) is 27.5 Å². The molecule has 0 radical (unpaired) electrons. The molecule has 0 saturated carbocycles. The van der Waals surface area contributed by atoms with E-state index in [0.29, 0.717) is 10.6 Å². The summed E-state index contributed by atoms with van der Waals surface area (Å²) in [6, 6.07) is 4.99. The van der Waals surface area contributed by atoms with Crippen LogP contribution in [0.5, 0.6) is 0 Å². The van der Waals surface area contributed by atoms with Crippen LogP contribution in [-0.4, -0.2) is 35.2 Å². The van der Waals surface area contributed by atoms with Crippen molar-refractivity contribution in [2.75, 3.05) is 12.9 Å². The Morgan fingerprint density at radius 1 is 1.61 bits per heavy atom. The zero-order chi connectivity index (χ0) is 13.7. The lowest BCUT2D eigenvalue weighted by Crippen LogP contribution is -2.41. The molecule has 0 aromatic heterocycles. The lowest BCUT2D eigenvalue weighted by molar-refractivity contribution is 0.0936. The predicted molar refractivity (Wildman–Crippen MR) is 80.5 cm³/mol. The van der Waals surface area contributed by atoms with Gasteiger partial charge in [0.15, 0.2) is 0 Å². The van der Waals surface area contributed by atoms with Crippen molar-refractivity contribution >= 4 is 45.2 Å². The first-order chi connectivity index (χ1) is 8.49. The molecule has 2 atom stereocenters. The fourth-order valence-corrected chi connectivity index (χ4v) is 2.68. The number of thioether (sulfide) groups is 1. The zero-order valence-corrected chi connectivity index (χ0v) is 13.3.